The molecule has 5 heteroatoms. The molecule has 0 heterocycles. The summed E-state index contributed by atoms with van der Waals surface area (Å²) in [6.45, 7) is 1.91. The van der Waals surface area contributed by atoms with Gasteiger partial charge in [0.15, 0.2) is 11.6 Å². The molecule has 0 aliphatic carbocycles. The summed E-state index contributed by atoms with van der Waals surface area (Å²) in [5, 5.41) is 5.33. The number of hydrogen-bond acceptors (Lipinski definition) is 2. The van der Waals surface area contributed by atoms with Crippen LogP contribution in [0.3, 0.4) is 0 Å². The van der Waals surface area contributed by atoms with Gasteiger partial charge in [-0.3, -0.25) is 0 Å². The van der Waals surface area contributed by atoms with Crippen LogP contribution in [0, 0.1) is 17.5 Å². The molecule has 0 amide bonds. The Morgan fingerprint density at radius 3 is 2.25 bits per heavy atom. The Balaban J connectivity index is 2.42. The molecule has 0 aromatic heterocycles. The van der Waals surface area contributed by atoms with Crippen LogP contribution in [0.4, 0.5) is 30.2 Å². The molecule has 2 N–H and O–H groups in total. The highest BCUT2D eigenvalue weighted by molar-refractivity contribution is 5.75. The third kappa shape index (κ3) is 2.71. The van der Waals surface area contributed by atoms with Crippen LogP contribution >= 0.6 is 0 Å². The average Bonchev–Trinajstić information content (AvgIpc) is 2.45. The van der Waals surface area contributed by atoms with Crippen LogP contribution in [-0.2, 0) is 6.42 Å². The van der Waals surface area contributed by atoms with Gasteiger partial charge in [-0.15, -0.1) is 0 Å². The predicted octanol–water partition coefficient (Wildman–Crippen LogP) is 4.45. The van der Waals surface area contributed by atoms with Gasteiger partial charge < -0.3 is 10.6 Å². The fraction of sp³-hybridized carbons (Fsp3) is 0.200. The molecule has 0 unspecified atom stereocenters. The zero-order valence-electron chi connectivity index (χ0n) is 11.2. The van der Waals surface area contributed by atoms with Crippen molar-refractivity contribution >= 4 is 17.1 Å². The lowest BCUT2D eigenvalue weighted by atomic mass is 10.1. The molecule has 0 aliphatic heterocycles. The standard InChI is InChI=1S/C15H15F3N2/c1-3-9-4-6-12(11(17)8-9)20-15-13(19-2)7-5-10(16)14(15)18/h4-8,19-20H,3H2,1-2H3. The minimum absolute atomic E-state index is 0.100. The summed E-state index contributed by atoms with van der Waals surface area (Å²) in [7, 11) is 1.58. The number of nitrogens with one attached hydrogen (secondary N) is 2. The minimum atomic E-state index is -1.05. The quantitative estimate of drug-likeness (QED) is 0.864. The summed E-state index contributed by atoms with van der Waals surface area (Å²) in [4.78, 5) is 0. The number of rotatable bonds is 4. The molecule has 0 saturated heterocycles. The largest absolute Gasteiger partial charge is 0.386 e. The van der Waals surface area contributed by atoms with Gasteiger partial charge in [0.25, 0.3) is 0 Å². The number of benzene rings is 2. The van der Waals surface area contributed by atoms with Crippen molar-refractivity contribution in [3.8, 4) is 0 Å². The van der Waals surface area contributed by atoms with Gasteiger partial charge in [0.05, 0.1) is 11.4 Å². The van der Waals surface area contributed by atoms with E-state index < -0.39 is 17.5 Å². The van der Waals surface area contributed by atoms with Crippen molar-refractivity contribution in [2.24, 2.45) is 0 Å². The van der Waals surface area contributed by atoms with Crippen molar-refractivity contribution < 1.29 is 13.2 Å². The Morgan fingerprint density at radius 2 is 1.65 bits per heavy atom. The molecule has 2 rings (SSSR count). The number of hydrogen-bond donors (Lipinski definition) is 2. The molecule has 2 nitrogen and oxygen atoms in total. The monoisotopic (exact) mass is 280 g/mol. The summed E-state index contributed by atoms with van der Waals surface area (Å²) in [5.74, 6) is -2.54. The topological polar surface area (TPSA) is 24.1 Å². The van der Waals surface area contributed by atoms with Crippen molar-refractivity contribution in [3.63, 3.8) is 0 Å². The molecule has 2 aromatic carbocycles. The maximum absolute atomic E-state index is 13.9. The van der Waals surface area contributed by atoms with E-state index in [1.807, 2.05) is 6.92 Å². The highest BCUT2D eigenvalue weighted by atomic mass is 19.2. The molecule has 20 heavy (non-hydrogen) atoms. The highest BCUT2D eigenvalue weighted by Crippen LogP contribution is 2.31. The lowest BCUT2D eigenvalue weighted by molar-refractivity contribution is 0.512. The van der Waals surface area contributed by atoms with E-state index in [1.165, 1.54) is 18.2 Å². The van der Waals surface area contributed by atoms with E-state index in [9.17, 15) is 13.2 Å². The Hall–Kier alpha value is -2.17. The van der Waals surface area contributed by atoms with Gasteiger partial charge in [-0.25, -0.2) is 13.2 Å². The summed E-state index contributed by atoms with van der Waals surface area (Å²) in [6.07, 6.45) is 0.702. The molecule has 0 aliphatic rings. The van der Waals surface area contributed by atoms with Crippen LogP contribution in [0.5, 0.6) is 0 Å². The Kier molecular flexibility index (Phi) is 4.17. The van der Waals surface area contributed by atoms with Crippen LogP contribution in [0.2, 0.25) is 0 Å². The molecule has 2 aromatic rings. The molecule has 0 atom stereocenters. The third-order valence-corrected chi connectivity index (χ3v) is 3.07. The molecule has 0 radical (unpaired) electrons. The summed E-state index contributed by atoms with van der Waals surface area (Å²) >= 11 is 0. The first-order valence-electron chi connectivity index (χ1n) is 6.28. The molecular formula is C15H15F3N2. The van der Waals surface area contributed by atoms with Crippen molar-refractivity contribution in [1.29, 1.82) is 0 Å². The SMILES string of the molecule is CCc1ccc(Nc2c(NC)ccc(F)c2F)c(F)c1. The Morgan fingerprint density at radius 1 is 0.950 bits per heavy atom. The van der Waals surface area contributed by atoms with Crippen molar-refractivity contribution in [2.45, 2.75) is 13.3 Å². The van der Waals surface area contributed by atoms with E-state index in [0.717, 1.165) is 11.6 Å². The van der Waals surface area contributed by atoms with Gasteiger partial charge in [-0.1, -0.05) is 13.0 Å². The number of anilines is 3. The van der Waals surface area contributed by atoms with Gasteiger partial charge in [0.1, 0.15) is 11.5 Å². The summed E-state index contributed by atoms with van der Waals surface area (Å²) < 4.78 is 41.0. The van der Waals surface area contributed by atoms with Crippen LogP contribution in [0.25, 0.3) is 0 Å². The first-order valence-corrected chi connectivity index (χ1v) is 6.28. The molecule has 0 spiro atoms. The zero-order valence-corrected chi connectivity index (χ0v) is 11.2. The lowest BCUT2D eigenvalue weighted by Crippen LogP contribution is -2.03. The normalized spacial score (nSPS) is 10.4. The van der Waals surface area contributed by atoms with Crippen LogP contribution in [0.15, 0.2) is 30.3 Å². The minimum Gasteiger partial charge on any atom is -0.386 e. The summed E-state index contributed by atoms with van der Waals surface area (Å²) in [6, 6.07) is 7.03. The van der Waals surface area contributed by atoms with E-state index in [-0.39, 0.29) is 11.4 Å². The number of aryl methyl sites for hydroxylation is 1. The molecule has 0 fully saturated rings. The molecular weight excluding hydrogens is 265 g/mol. The van der Waals surface area contributed by atoms with Gasteiger partial charge in [-0.05, 0) is 36.2 Å². The first kappa shape index (κ1) is 14.2. The van der Waals surface area contributed by atoms with Crippen LogP contribution < -0.4 is 10.6 Å². The van der Waals surface area contributed by atoms with E-state index >= 15 is 0 Å². The van der Waals surface area contributed by atoms with E-state index in [1.54, 1.807) is 13.1 Å². The van der Waals surface area contributed by atoms with Gasteiger partial charge >= 0.3 is 0 Å². The maximum atomic E-state index is 13.9. The van der Waals surface area contributed by atoms with Gasteiger partial charge in [-0.2, -0.15) is 0 Å². The first-order chi connectivity index (χ1) is 9.56. The van der Waals surface area contributed by atoms with E-state index in [0.29, 0.717) is 12.1 Å². The second-order valence-corrected chi connectivity index (χ2v) is 4.33. The third-order valence-electron chi connectivity index (χ3n) is 3.07. The van der Waals surface area contributed by atoms with Crippen LogP contribution in [-0.4, -0.2) is 7.05 Å². The highest BCUT2D eigenvalue weighted by Gasteiger charge is 2.14. The predicted molar refractivity (Wildman–Crippen MR) is 75.0 cm³/mol. The average molecular weight is 280 g/mol. The van der Waals surface area contributed by atoms with Crippen molar-refractivity contribution in [2.75, 3.05) is 17.7 Å². The summed E-state index contributed by atoms with van der Waals surface area (Å²) in [5.41, 5.74) is 1.17. The van der Waals surface area contributed by atoms with Gasteiger partial charge in [0.2, 0.25) is 0 Å². The lowest BCUT2D eigenvalue weighted by Gasteiger charge is -2.14. The smallest absolute Gasteiger partial charge is 0.184 e. The fourth-order valence-corrected chi connectivity index (χ4v) is 1.90. The van der Waals surface area contributed by atoms with Crippen molar-refractivity contribution in [3.05, 3.63) is 53.3 Å². The van der Waals surface area contributed by atoms with E-state index in [4.69, 9.17) is 0 Å². The molecule has 0 saturated carbocycles. The van der Waals surface area contributed by atoms with Gasteiger partial charge in [0, 0.05) is 7.05 Å². The fourth-order valence-electron chi connectivity index (χ4n) is 1.90. The van der Waals surface area contributed by atoms with E-state index in [2.05, 4.69) is 10.6 Å². The maximum Gasteiger partial charge on any atom is 0.184 e. The second kappa shape index (κ2) is 5.86. The molecule has 106 valence electrons. The zero-order chi connectivity index (χ0) is 14.7. The second-order valence-electron chi connectivity index (χ2n) is 4.33. The number of halogens is 3. The van der Waals surface area contributed by atoms with Crippen LogP contribution in [0.1, 0.15) is 12.5 Å². The van der Waals surface area contributed by atoms with Crippen molar-refractivity contribution in [1.82, 2.24) is 0 Å². The Labute approximate surface area is 115 Å². The molecule has 0 bridgehead atoms. The Bertz CT molecular complexity index is 627.